The third kappa shape index (κ3) is 4.49. The molecule has 1 aliphatic heterocycles. The molecule has 0 radical (unpaired) electrons. The monoisotopic (exact) mass is 427 g/mol. The van der Waals surface area contributed by atoms with Crippen molar-refractivity contribution in [2.45, 2.75) is 38.4 Å². The Hall–Kier alpha value is -3.13. The summed E-state index contributed by atoms with van der Waals surface area (Å²) in [5.74, 6) is -0.864. The Morgan fingerprint density at radius 2 is 2.00 bits per heavy atom. The van der Waals surface area contributed by atoms with E-state index in [0.29, 0.717) is 17.6 Å². The largest absolute Gasteiger partial charge is 0.494 e. The van der Waals surface area contributed by atoms with E-state index in [0.717, 1.165) is 31.5 Å². The van der Waals surface area contributed by atoms with E-state index < -0.39 is 11.8 Å². The molecule has 1 atom stereocenters. The molecule has 0 saturated carbocycles. The number of hydrogen-bond donors (Lipinski definition) is 1. The summed E-state index contributed by atoms with van der Waals surface area (Å²) in [7, 11) is 1.45. The number of halogens is 1. The highest BCUT2D eigenvalue weighted by Gasteiger charge is 2.26. The first kappa shape index (κ1) is 21.1. The molecule has 1 amide bonds. The van der Waals surface area contributed by atoms with Gasteiger partial charge in [0.1, 0.15) is 6.04 Å². The lowest BCUT2D eigenvalue weighted by Gasteiger charge is -2.33. The molecule has 3 aromatic rings. The van der Waals surface area contributed by atoms with E-state index in [1.165, 1.54) is 17.7 Å². The number of fused-ring (bicyclic) bond motifs is 1. The number of carbonyl (C=O) groups is 1. The molecule has 1 N–H and O–H groups in total. The molecule has 2 aromatic carbocycles. The highest BCUT2D eigenvalue weighted by Crippen LogP contribution is 2.21. The molecule has 0 bridgehead atoms. The second-order valence-electron chi connectivity index (χ2n) is 7.91. The second-order valence-corrected chi connectivity index (χ2v) is 7.91. The first-order valence-corrected chi connectivity index (χ1v) is 10.4. The fourth-order valence-electron chi connectivity index (χ4n) is 4.09. The van der Waals surface area contributed by atoms with Crippen LogP contribution in [0.3, 0.4) is 0 Å². The zero-order chi connectivity index (χ0) is 22.0. The molecule has 7 nitrogen and oxygen atoms in total. The Labute approximate surface area is 179 Å². The van der Waals surface area contributed by atoms with Crippen molar-refractivity contribution in [3.63, 3.8) is 0 Å². The minimum atomic E-state index is -0.670. The number of carbonyl (C=O) groups excluding carboxylic acids is 1. The molecule has 0 aliphatic carbocycles. The maximum absolute atomic E-state index is 13.9. The Kier molecular flexibility index (Phi) is 6.08. The number of benzene rings is 2. The lowest BCUT2D eigenvalue weighted by Crippen LogP contribution is -2.46. The van der Waals surface area contributed by atoms with E-state index >= 15 is 0 Å². The molecule has 4 rings (SSSR count). The van der Waals surface area contributed by atoms with Crippen molar-refractivity contribution in [1.82, 2.24) is 14.8 Å². The third-order valence-corrected chi connectivity index (χ3v) is 5.84. The lowest BCUT2D eigenvalue weighted by molar-refractivity contribution is -0.125. The number of hydrogen-bond acceptors (Lipinski definition) is 5. The quantitative estimate of drug-likeness (QED) is 0.654. The number of methoxy groups -OCH3 is 1. The molecular weight excluding hydrogens is 401 g/mol. The average Bonchev–Trinajstić information content (AvgIpc) is 3.10. The number of rotatable bonds is 6. The smallest absolute Gasteiger partial charge is 0.420 e. The van der Waals surface area contributed by atoms with Gasteiger partial charge in [-0.25, -0.2) is 9.18 Å². The first-order chi connectivity index (χ1) is 15.0. The zero-order valence-corrected chi connectivity index (χ0v) is 17.6. The van der Waals surface area contributed by atoms with Crippen LogP contribution in [0.25, 0.3) is 11.1 Å². The minimum Gasteiger partial charge on any atom is -0.494 e. The minimum absolute atomic E-state index is 0.0349. The van der Waals surface area contributed by atoms with E-state index in [9.17, 15) is 14.0 Å². The molecule has 1 fully saturated rings. The third-order valence-electron chi connectivity index (χ3n) is 5.84. The standard InChI is InChI=1S/C23H26FN3O4/c1-15(27-19-5-3-4-6-21(19)31-23(27)29)22(28)25-17-9-11-26(12-10-17)14-16-7-8-20(30-2)18(24)13-16/h3-8,13,15,17H,9-12,14H2,1-2H3,(H,25,28). The van der Waals surface area contributed by atoms with Crippen LogP contribution in [-0.4, -0.2) is 41.6 Å². The number of oxazole rings is 1. The number of para-hydroxylation sites is 2. The number of nitrogens with zero attached hydrogens (tertiary/aromatic N) is 2. The van der Waals surface area contributed by atoms with Crippen LogP contribution in [0.4, 0.5) is 4.39 Å². The maximum atomic E-state index is 13.9. The van der Waals surface area contributed by atoms with Crippen LogP contribution in [0.2, 0.25) is 0 Å². The molecule has 1 aromatic heterocycles. The topological polar surface area (TPSA) is 76.7 Å². The van der Waals surface area contributed by atoms with Gasteiger partial charge in [0.15, 0.2) is 17.1 Å². The summed E-state index contributed by atoms with van der Waals surface area (Å²) in [5, 5.41) is 3.06. The molecule has 8 heteroatoms. The molecule has 1 saturated heterocycles. The highest BCUT2D eigenvalue weighted by atomic mass is 19.1. The maximum Gasteiger partial charge on any atom is 0.420 e. The van der Waals surface area contributed by atoms with Crippen molar-refractivity contribution in [2.24, 2.45) is 0 Å². The Bertz CT molecular complexity index is 1130. The summed E-state index contributed by atoms with van der Waals surface area (Å²) < 4.78 is 25.5. The van der Waals surface area contributed by atoms with E-state index in [1.807, 2.05) is 12.1 Å². The molecule has 164 valence electrons. The van der Waals surface area contributed by atoms with Gasteiger partial charge >= 0.3 is 5.76 Å². The van der Waals surface area contributed by atoms with Crippen molar-refractivity contribution in [2.75, 3.05) is 20.2 Å². The molecule has 0 spiro atoms. The normalized spacial score (nSPS) is 16.4. The molecule has 31 heavy (non-hydrogen) atoms. The van der Waals surface area contributed by atoms with Crippen LogP contribution >= 0.6 is 0 Å². The van der Waals surface area contributed by atoms with Gasteiger partial charge in [0.25, 0.3) is 0 Å². The Morgan fingerprint density at radius 3 is 2.71 bits per heavy atom. The van der Waals surface area contributed by atoms with Gasteiger partial charge in [-0.2, -0.15) is 0 Å². The van der Waals surface area contributed by atoms with E-state index in [2.05, 4.69) is 10.2 Å². The number of amides is 1. The molecule has 1 unspecified atom stereocenters. The fourth-order valence-corrected chi connectivity index (χ4v) is 4.09. The lowest BCUT2D eigenvalue weighted by atomic mass is 10.0. The number of ether oxygens (including phenoxy) is 1. The number of piperidine rings is 1. The van der Waals surface area contributed by atoms with Crippen molar-refractivity contribution in [1.29, 1.82) is 0 Å². The van der Waals surface area contributed by atoms with Gasteiger partial charge in [-0.3, -0.25) is 14.3 Å². The summed E-state index contributed by atoms with van der Waals surface area (Å²) in [6.45, 7) is 3.93. The molecule has 1 aliphatic rings. The van der Waals surface area contributed by atoms with Crippen LogP contribution < -0.4 is 15.8 Å². The Balaban J connectivity index is 1.33. The van der Waals surface area contributed by atoms with Crippen LogP contribution in [0.5, 0.6) is 5.75 Å². The zero-order valence-electron chi connectivity index (χ0n) is 17.6. The SMILES string of the molecule is COc1ccc(CN2CCC(NC(=O)C(C)n3c(=O)oc4ccccc43)CC2)cc1F. The second kappa shape index (κ2) is 8.93. The van der Waals surface area contributed by atoms with Crippen molar-refractivity contribution < 1.29 is 18.3 Å². The average molecular weight is 427 g/mol. The Morgan fingerprint density at radius 1 is 1.26 bits per heavy atom. The summed E-state index contributed by atoms with van der Waals surface area (Å²) in [6.07, 6.45) is 1.58. The highest BCUT2D eigenvalue weighted by molar-refractivity contribution is 5.83. The van der Waals surface area contributed by atoms with Crippen LogP contribution in [0, 0.1) is 5.82 Å². The van der Waals surface area contributed by atoms with E-state index in [1.54, 1.807) is 31.2 Å². The van der Waals surface area contributed by atoms with E-state index in [-0.39, 0.29) is 23.5 Å². The van der Waals surface area contributed by atoms with Crippen molar-refractivity contribution >= 4 is 17.0 Å². The summed E-state index contributed by atoms with van der Waals surface area (Å²) in [4.78, 5) is 27.3. The van der Waals surface area contributed by atoms with Gasteiger partial charge in [-0.05, 0) is 49.6 Å². The van der Waals surface area contributed by atoms with Gasteiger partial charge in [-0.15, -0.1) is 0 Å². The summed E-state index contributed by atoms with van der Waals surface area (Å²) in [5.41, 5.74) is 1.97. The van der Waals surface area contributed by atoms with Gasteiger partial charge in [0.2, 0.25) is 5.91 Å². The van der Waals surface area contributed by atoms with Crippen molar-refractivity contribution in [3.05, 3.63) is 64.4 Å². The van der Waals surface area contributed by atoms with Crippen LogP contribution in [0.15, 0.2) is 51.7 Å². The number of nitrogens with one attached hydrogen (secondary N) is 1. The number of likely N-dealkylation sites (tertiary alicyclic amines) is 1. The first-order valence-electron chi connectivity index (χ1n) is 10.4. The summed E-state index contributed by atoms with van der Waals surface area (Å²) >= 11 is 0. The van der Waals surface area contributed by atoms with Crippen molar-refractivity contribution in [3.8, 4) is 5.75 Å². The molecule has 2 heterocycles. The predicted octanol–water partition coefficient (Wildman–Crippen LogP) is 3.08. The van der Waals surface area contributed by atoms with Gasteiger partial charge in [-0.1, -0.05) is 18.2 Å². The van der Waals surface area contributed by atoms with Gasteiger partial charge in [0.05, 0.1) is 12.6 Å². The van der Waals surface area contributed by atoms with E-state index in [4.69, 9.17) is 9.15 Å². The van der Waals surface area contributed by atoms with Gasteiger partial charge in [0, 0.05) is 25.7 Å². The molecular formula is C23H26FN3O4. The van der Waals surface area contributed by atoms with Crippen LogP contribution in [-0.2, 0) is 11.3 Å². The predicted molar refractivity (Wildman–Crippen MR) is 115 cm³/mol. The van der Waals surface area contributed by atoms with Crippen LogP contribution in [0.1, 0.15) is 31.4 Å². The summed E-state index contributed by atoms with van der Waals surface area (Å²) in [6, 6.07) is 11.4. The number of aromatic nitrogens is 1. The van der Waals surface area contributed by atoms with Gasteiger partial charge < -0.3 is 14.5 Å². The fraction of sp³-hybridized carbons (Fsp3) is 0.391.